The lowest BCUT2D eigenvalue weighted by molar-refractivity contribution is 0.101. The minimum absolute atomic E-state index is 0.0453. The fourth-order valence-corrected chi connectivity index (χ4v) is 3.24. The van der Waals surface area contributed by atoms with Crippen molar-refractivity contribution in [3.8, 4) is 0 Å². The number of hydrogen-bond donors (Lipinski definition) is 1. The van der Waals surface area contributed by atoms with Crippen LogP contribution < -0.4 is 5.32 Å². The highest BCUT2D eigenvalue weighted by Gasteiger charge is 2.15. The van der Waals surface area contributed by atoms with Gasteiger partial charge in [0.25, 0.3) is 0 Å². The molecule has 0 aliphatic carbocycles. The van der Waals surface area contributed by atoms with Gasteiger partial charge < -0.3 is 5.32 Å². The molecule has 2 rings (SSSR count). The molecule has 0 radical (unpaired) electrons. The maximum Gasteiger partial charge on any atom is 0.164 e. The van der Waals surface area contributed by atoms with Crippen molar-refractivity contribution < 1.29 is 4.79 Å². The van der Waals surface area contributed by atoms with E-state index in [2.05, 4.69) is 38.6 Å². The lowest BCUT2D eigenvalue weighted by atomic mass is 10.1. The van der Waals surface area contributed by atoms with Crippen LogP contribution in [-0.2, 0) is 6.42 Å². The van der Waals surface area contributed by atoms with Crippen LogP contribution in [0.3, 0.4) is 0 Å². The van der Waals surface area contributed by atoms with Gasteiger partial charge in [-0.1, -0.05) is 22.9 Å². The molecule has 0 unspecified atom stereocenters. The summed E-state index contributed by atoms with van der Waals surface area (Å²) in [5.74, 6) is 0.0453. The first-order valence-corrected chi connectivity index (χ1v) is 7.62. The Bertz CT molecular complexity index is 622. The van der Waals surface area contributed by atoms with Gasteiger partial charge in [0.15, 0.2) is 5.78 Å². The molecule has 0 aliphatic rings. The van der Waals surface area contributed by atoms with Crippen LogP contribution in [0.25, 0.3) is 0 Å². The quantitative estimate of drug-likeness (QED) is 0.820. The van der Waals surface area contributed by atoms with Crippen LogP contribution in [0.1, 0.15) is 35.5 Å². The summed E-state index contributed by atoms with van der Waals surface area (Å²) >= 11 is 4.80. The van der Waals surface area contributed by atoms with Crippen LogP contribution in [0.4, 0.5) is 10.7 Å². The Labute approximate surface area is 125 Å². The minimum atomic E-state index is 0.0453. The number of nitrogens with one attached hydrogen (secondary N) is 1. The average molecular weight is 339 g/mol. The van der Waals surface area contributed by atoms with E-state index in [0.717, 1.165) is 27.3 Å². The molecular formula is C14H15BrN2OS. The molecule has 0 saturated heterocycles. The van der Waals surface area contributed by atoms with Crippen LogP contribution >= 0.6 is 27.5 Å². The zero-order chi connectivity index (χ0) is 14.0. The number of benzene rings is 1. The number of carbonyl (C=O) groups excluding carboxylic acids is 1. The molecule has 1 heterocycles. The molecule has 1 N–H and O–H groups in total. The summed E-state index contributed by atoms with van der Waals surface area (Å²) in [6.07, 6.45) is 0.926. The number of Topliss-reactive ketones (excluding diaryl/α,β-unsaturated/α-hetero) is 1. The van der Waals surface area contributed by atoms with Gasteiger partial charge in [-0.15, -0.1) is 0 Å². The smallest absolute Gasteiger partial charge is 0.164 e. The topological polar surface area (TPSA) is 42.0 Å². The molecule has 0 bridgehead atoms. The van der Waals surface area contributed by atoms with E-state index < -0.39 is 0 Å². The molecule has 0 atom stereocenters. The van der Waals surface area contributed by atoms with Crippen LogP contribution in [0.15, 0.2) is 22.7 Å². The molecule has 1 aromatic heterocycles. The third-order valence-electron chi connectivity index (χ3n) is 2.91. The summed E-state index contributed by atoms with van der Waals surface area (Å²) in [4.78, 5) is 11.7. The summed E-state index contributed by atoms with van der Waals surface area (Å²) in [6, 6.07) is 6.09. The Balaban J connectivity index is 2.39. The number of carbonyl (C=O) groups is 1. The maximum atomic E-state index is 11.7. The number of anilines is 2. The highest BCUT2D eigenvalue weighted by atomic mass is 79.9. The number of hydrogen-bond acceptors (Lipinski definition) is 4. The molecule has 0 saturated carbocycles. The number of nitrogens with zero attached hydrogens (tertiary/aromatic N) is 1. The summed E-state index contributed by atoms with van der Waals surface area (Å²) < 4.78 is 5.31. The molecular weight excluding hydrogens is 324 g/mol. The molecule has 0 amide bonds. The second-order valence-electron chi connectivity index (χ2n) is 4.31. The number of halogens is 1. The van der Waals surface area contributed by atoms with E-state index in [1.165, 1.54) is 17.1 Å². The van der Waals surface area contributed by atoms with Crippen LogP contribution in [-0.4, -0.2) is 10.2 Å². The monoisotopic (exact) mass is 338 g/mol. The van der Waals surface area contributed by atoms with Crippen molar-refractivity contribution in [1.82, 2.24) is 4.37 Å². The number of aromatic nitrogens is 1. The molecule has 0 fully saturated rings. The summed E-state index contributed by atoms with van der Waals surface area (Å²) in [6.45, 7) is 5.54. The molecule has 19 heavy (non-hydrogen) atoms. The van der Waals surface area contributed by atoms with Crippen LogP contribution in [0, 0.1) is 6.92 Å². The van der Waals surface area contributed by atoms with Crippen molar-refractivity contribution >= 4 is 43.9 Å². The normalized spacial score (nSPS) is 10.5. The first-order valence-electron chi connectivity index (χ1n) is 6.05. The fraction of sp³-hybridized carbons (Fsp3) is 0.286. The Morgan fingerprint density at radius 1 is 1.47 bits per heavy atom. The van der Waals surface area contributed by atoms with Gasteiger partial charge in [0.2, 0.25) is 0 Å². The maximum absolute atomic E-state index is 11.7. The van der Waals surface area contributed by atoms with Gasteiger partial charge in [-0.25, -0.2) is 0 Å². The Kier molecular flexibility index (Phi) is 4.37. The SMILES string of the molecule is CCc1cc(Br)ccc1Nc1snc(C)c1C(C)=O. The molecule has 100 valence electrons. The first kappa shape index (κ1) is 14.2. The van der Waals surface area contributed by atoms with E-state index in [1.807, 2.05) is 19.1 Å². The second kappa shape index (κ2) is 5.84. The predicted molar refractivity (Wildman–Crippen MR) is 83.7 cm³/mol. The van der Waals surface area contributed by atoms with Gasteiger partial charge >= 0.3 is 0 Å². The van der Waals surface area contributed by atoms with Crippen LogP contribution in [0.2, 0.25) is 0 Å². The Morgan fingerprint density at radius 3 is 2.84 bits per heavy atom. The van der Waals surface area contributed by atoms with Gasteiger partial charge in [-0.05, 0) is 55.6 Å². The average Bonchev–Trinajstić information content (AvgIpc) is 2.72. The first-order chi connectivity index (χ1) is 9.02. The van der Waals surface area contributed by atoms with Gasteiger partial charge in [0, 0.05) is 10.2 Å². The van der Waals surface area contributed by atoms with Crippen LogP contribution in [0.5, 0.6) is 0 Å². The van der Waals surface area contributed by atoms with Crippen molar-refractivity contribution in [3.63, 3.8) is 0 Å². The van der Waals surface area contributed by atoms with Gasteiger partial charge in [-0.3, -0.25) is 4.79 Å². The highest BCUT2D eigenvalue weighted by molar-refractivity contribution is 9.10. The largest absolute Gasteiger partial charge is 0.345 e. The van der Waals surface area contributed by atoms with E-state index >= 15 is 0 Å². The van der Waals surface area contributed by atoms with Crippen molar-refractivity contribution in [1.29, 1.82) is 0 Å². The van der Waals surface area contributed by atoms with Gasteiger partial charge in [0.1, 0.15) is 5.00 Å². The van der Waals surface area contributed by atoms with E-state index in [1.54, 1.807) is 6.92 Å². The molecule has 0 spiro atoms. The Morgan fingerprint density at radius 2 is 2.21 bits per heavy atom. The third-order valence-corrected chi connectivity index (χ3v) is 4.26. The minimum Gasteiger partial charge on any atom is -0.345 e. The predicted octanol–water partition coefficient (Wildman–Crippen LogP) is 4.72. The van der Waals surface area contributed by atoms with Crippen molar-refractivity contribution in [3.05, 3.63) is 39.5 Å². The lowest BCUT2D eigenvalue weighted by Crippen LogP contribution is -2.00. The number of ketones is 1. The second-order valence-corrected chi connectivity index (χ2v) is 6.00. The van der Waals surface area contributed by atoms with E-state index in [0.29, 0.717) is 5.56 Å². The zero-order valence-corrected chi connectivity index (χ0v) is 13.5. The van der Waals surface area contributed by atoms with Crippen molar-refractivity contribution in [2.75, 3.05) is 5.32 Å². The van der Waals surface area contributed by atoms with E-state index in [4.69, 9.17) is 0 Å². The molecule has 0 aliphatic heterocycles. The summed E-state index contributed by atoms with van der Waals surface area (Å²) in [7, 11) is 0. The third kappa shape index (κ3) is 3.04. The fourth-order valence-electron chi connectivity index (χ4n) is 1.97. The van der Waals surface area contributed by atoms with E-state index in [-0.39, 0.29) is 5.78 Å². The number of aryl methyl sites for hydroxylation is 2. The summed E-state index contributed by atoms with van der Waals surface area (Å²) in [5, 5.41) is 4.16. The van der Waals surface area contributed by atoms with Gasteiger partial charge in [-0.2, -0.15) is 4.37 Å². The van der Waals surface area contributed by atoms with Gasteiger partial charge in [0.05, 0.1) is 11.3 Å². The molecule has 2 aromatic rings. The molecule has 3 nitrogen and oxygen atoms in total. The zero-order valence-electron chi connectivity index (χ0n) is 11.1. The lowest BCUT2D eigenvalue weighted by Gasteiger charge is -2.10. The molecule has 1 aromatic carbocycles. The summed E-state index contributed by atoms with van der Waals surface area (Å²) in [5.41, 5.74) is 3.71. The van der Waals surface area contributed by atoms with Crippen molar-refractivity contribution in [2.24, 2.45) is 0 Å². The Hall–Kier alpha value is -1.20. The molecule has 5 heteroatoms. The number of rotatable bonds is 4. The highest BCUT2D eigenvalue weighted by Crippen LogP contribution is 2.31. The standard InChI is InChI=1S/C14H15BrN2OS/c1-4-10-7-11(15)5-6-12(10)16-14-13(9(3)18)8(2)17-19-14/h5-7,16H,4H2,1-3H3. The van der Waals surface area contributed by atoms with Crippen molar-refractivity contribution in [2.45, 2.75) is 27.2 Å². The van der Waals surface area contributed by atoms with E-state index in [9.17, 15) is 4.79 Å².